The Hall–Kier alpha value is -0.890. The van der Waals surface area contributed by atoms with Crippen molar-refractivity contribution in [2.75, 3.05) is 27.3 Å². The second-order valence-electron chi connectivity index (χ2n) is 4.65. The van der Waals surface area contributed by atoms with Gasteiger partial charge in [0.25, 0.3) is 0 Å². The molecule has 0 aromatic carbocycles. The van der Waals surface area contributed by atoms with Crippen molar-refractivity contribution in [1.82, 2.24) is 10.0 Å². The van der Waals surface area contributed by atoms with Gasteiger partial charge in [0.05, 0.1) is 0 Å². The van der Waals surface area contributed by atoms with Crippen molar-refractivity contribution >= 4 is 10.0 Å². The zero-order valence-electron chi connectivity index (χ0n) is 12.6. The third kappa shape index (κ3) is 4.31. The summed E-state index contributed by atoms with van der Waals surface area (Å²) >= 11 is 0. The maximum absolute atomic E-state index is 12.4. The summed E-state index contributed by atoms with van der Waals surface area (Å²) in [7, 11) is -0.130. The number of methoxy groups -OCH3 is 1. The van der Waals surface area contributed by atoms with Gasteiger partial charge in [-0.2, -0.15) is 0 Å². The molecule has 1 rings (SSSR count). The first-order chi connectivity index (χ1) is 9.44. The standard InChI is InChI=1S/C13H24N2O4S/c1-10-12(9-14-3)13(11(2)19-10)20(16,17)15-7-5-6-8-18-4/h14-15H,5-9H2,1-4H3. The molecule has 0 saturated heterocycles. The second kappa shape index (κ2) is 7.78. The highest BCUT2D eigenvalue weighted by molar-refractivity contribution is 7.89. The highest BCUT2D eigenvalue weighted by Gasteiger charge is 2.25. The molecule has 20 heavy (non-hydrogen) atoms. The fourth-order valence-electron chi connectivity index (χ4n) is 2.09. The van der Waals surface area contributed by atoms with Crippen LogP contribution in [0.5, 0.6) is 0 Å². The van der Waals surface area contributed by atoms with E-state index in [-0.39, 0.29) is 4.90 Å². The molecule has 0 amide bonds. The van der Waals surface area contributed by atoms with Crippen LogP contribution in [-0.4, -0.2) is 35.7 Å². The largest absolute Gasteiger partial charge is 0.465 e. The minimum atomic E-state index is -3.53. The molecule has 0 unspecified atom stereocenters. The molecule has 2 N–H and O–H groups in total. The fourth-order valence-corrected chi connectivity index (χ4v) is 3.61. The lowest BCUT2D eigenvalue weighted by molar-refractivity contribution is 0.193. The molecule has 0 aliphatic carbocycles. The summed E-state index contributed by atoms with van der Waals surface area (Å²) < 4.78 is 37.7. The van der Waals surface area contributed by atoms with E-state index in [1.165, 1.54) is 0 Å². The van der Waals surface area contributed by atoms with Gasteiger partial charge in [-0.3, -0.25) is 0 Å². The average molecular weight is 304 g/mol. The zero-order valence-corrected chi connectivity index (χ0v) is 13.4. The van der Waals surface area contributed by atoms with Gasteiger partial charge in [-0.25, -0.2) is 13.1 Å². The highest BCUT2D eigenvalue weighted by Crippen LogP contribution is 2.26. The summed E-state index contributed by atoms with van der Waals surface area (Å²) in [4.78, 5) is 0.260. The van der Waals surface area contributed by atoms with E-state index in [4.69, 9.17) is 9.15 Å². The normalized spacial score (nSPS) is 12.0. The summed E-state index contributed by atoms with van der Waals surface area (Å²) in [5, 5.41) is 2.97. The molecule has 7 heteroatoms. The predicted octanol–water partition coefficient (Wildman–Crippen LogP) is 1.32. The summed E-state index contributed by atoms with van der Waals surface area (Å²) in [6.45, 7) is 4.94. The Labute approximate surface area is 120 Å². The highest BCUT2D eigenvalue weighted by atomic mass is 32.2. The van der Waals surface area contributed by atoms with Gasteiger partial charge in [0, 0.05) is 32.4 Å². The third-order valence-corrected chi connectivity index (χ3v) is 4.67. The van der Waals surface area contributed by atoms with Gasteiger partial charge >= 0.3 is 0 Å². The summed E-state index contributed by atoms with van der Waals surface area (Å²) in [5.41, 5.74) is 0.689. The van der Waals surface area contributed by atoms with Crippen LogP contribution in [0.2, 0.25) is 0 Å². The van der Waals surface area contributed by atoms with E-state index in [0.717, 1.165) is 12.8 Å². The number of unbranched alkanes of at least 4 members (excludes halogenated alkanes) is 1. The predicted molar refractivity (Wildman–Crippen MR) is 77.2 cm³/mol. The van der Waals surface area contributed by atoms with E-state index in [9.17, 15) is 8.42 Å². The smallest absolute Gasteiger partial charge is 0.244 e. The van der Waals surface area contributed by atoms with Crippen LogP contribution in [-0.2, 0) is 21.3 Å². The lowest BCUT2D eigenvalue weighted by Gasteiger charge is -2.08. The molecule has 1 aromatic rings. The molecule has 0 saturated carbocycles. The molecule has 0 aliphatic rings. The van der Waals surface area contributed by atoms with Crippen LogP contribution >= 0.6 is 0 Å². The Morgan fingerprint density at radius 3 is 2.50 bits per heavy atom. The van der Waals surface area contributed by atoms with Crippen molar-refractivity contribution in [2.45, 2.75) is 38.1 Å². The van der Waals surface area contributed by atoms with Crippen LogP contribution in [0.4, 0.5) is 0 Å². The molecule has 0 bridgehead atoms. The number of nitrogens with one attached hydrogen (secondary N) is 2. The van der Waals surface area contributed by atoms with Crippen molar-refractivity contribution in [2.24, 2.45) is 0 Å². The van der Waals surface area contributed by atoms with Crippen LogP contribution in [0.25, 0.3) is 0 Å². The molecule has 6 nitrogen and oxygen atoms in total. The van der Waals surface area contributed by atoms with Gasteiger partial charge in [0.2, 0.25) is 10.0 Å². The molecule has 0 atom stereocenters. The maximum atomic E-state index is 12.4. The Morgan fingerprint density at radius 1 is 1.20 bits per heavy atom. The van der Waals surface area contributed by atoms with Crippen molar-refractivity contribution in [3.8, 4) is 0 Å². The van der Waals surface area contributed by atoms with Gasteiger partial charge in [-0.05, 0) is 33.7 Å². The molecule has 1 aromatic heterocycles. The van der Waals surface area contributed by atoms with E-state index in [1.807, 2.05) is 0 Å². The molecule has 0 radical (unpaired) electrons. The third-order valence-electron chi connectivity index (χ3n) is 3.01. The van der Waals surface area contributed by atoms with Crippen molar-refractivity contribution < 1.29 is 17.6 Å². The Kier molecular flexibility index (Phi) is 6.67. The van der Waals surface area contributed by atoms with E-state index >= 15 is 0 Å². The van der Waals surface area contributed by atoms with Gasteiger partial charge in [-0.15, -0.1) is 0 Å². The van der Waals surface area contributed by atoms with Crippen LogP contribution in [0.1, 0.15) is 29.9 Å². The number of ether oxygens (including phenoxy) is 1. The van der Waals surface area contributed by atoms with Crippen molar-refractivity contribution in [1.29, 1.82) is 0 Å². The average Bonchev–Trinajstić information content (AvgIpc) is 2.65. The van der Waals surface area contributed by atoms with Crippen LogP contribution < -0.4 is 10.0 Å². The van der Waals surface area contributed by atoms with Gasteiger partial charge in [0.1, 0.15) is 16.4 Å². The maximum Gasteiger partial charge on any atom is 0.244 e. The monoisotopic (exact) mass is 304 g/mol. The summed E-state index contributed by atoms with van der Waals surface area (Å²) in [5.74, 6) is 1.06. The van der Waals surface area contributed by atoms with Gasteiger partial charge in [-0.1, -0.05) is 0 Å². The zero-order chi connectivity index (χ0) is 15.2. The lowest BCUT2D eigenvalue weighted by Crippen LogP contribution is -2.26. The van der Waals surface area contributed by atoms with E-state index in [0.29, 0.717) is 36.8 Å². The van der Waals surface area contributed by atoms with Crippen molar-refractivity contribution in [3.63, 3.8) is 0 Å². The second-order valence-corrected chi connectivity index (χ2v) is 6.35. The van der Waals surface area contributed by atoms with E-state index in [1.54, 1.807) is 28.0 Å². The minimum absolute atomic E-state index is 0.260. The first kappa shape index (κ1) is 17.2. The van der Waals surface area contributed by atoms with Crippen LogP contribution in [0.3, 0.4) is 0 Å². The number of aryl methyl sites for hydroxylation is 2. The molecular weight excluding hydrogens is 280 g/mol. The topological polar surface area (TPSA) is 80.6 Å². The van der Waals surface area contributed by atoms with E-state index in [2.05, 4.69) is 10.0 Å². The van der Waals surface area contributed by atoms with E-state index < -0.39 is 10.0 Å². The van der Waals surface area contributed by atoms with Crippen molar-refractivity contribution in [3.05, 3.63) is 17.1 Å². The van der Waals surface area contributed by atoms with Gasteiger partial charge in [0.15, 0.2) is 0 Å². The summed E-state index contributed by atoms with van der Waals surface area (Å²) in [6.07, 6.45) is 1.57. The molecule has 1 heterocycles. The quantitative estimate of drug-likeness (QED) is 0.673. The number of sulfonamides is 1. The lowest BCUT2D eigenvalue weighted by atomic mass is 10.2. The molecular formula is C13H24N2O4S. The Balaban J connectivity index is 2.81. The van der Waals surface area contributed by atoms with Crippen LogP contribution in [0.15, 0.2) is 9.31 Å². The molecule has 0 spiro atoms. The van der Waals surface area contributed by atoms with Crippen LogP contribution in [0, 0.1) is 13.8 Å². The number of furan rings is 1. The SMILES string of the molecule is CNCc1c(C)oc(C)c1S(=O)(=O)NCCCCOC. The number of hydrogen-bond acceptors (Lipinski definition) is 5. The minimum Gasteiger partial charge on any atom is -0.465 e. The Bertz CT molecular complexity index is 523. The molecule has 116 valence electrons. The fraction of sp³-hybridized carbons (Fsp3) is 0.692. The number of rotatable bonds is 9. The molecule has 0 aliphatic heterocycles. The Morgan fingerprint density at radius 2 is 1.90 bits per heavy atom. The van der Waals surface area contributed by atoms with Gasteiger partial charge < -0.3 is 14.5 Å². The number of hydrogen-bond donors (Lipinski definition) is 2. The summed E-state index contributed by atoms with van der Waals surface area (Å²) in [6, 6.07) is 0. The first-order valence-electron chi connectivity index (χ1n) is 6.66. The molecule has 0 fully saturated rings. The first-order valence-corrected chi connectivity index (χ1v) is 8.14.